The second-order valence-electron chi connectivity index (χ2n) is 4.36. The molecule has 0 aromatic heterocycles. The fraction of sp³-hybridized carbons (Fsp3) is 0.750. The van der Waals surface area contributed by atoms with Gasteiger partial charge in [-0.2, -0.15) is 0 Å². The van der Waals surface area contributed by atoms with Crippen LogP contribution in [-0.4, -0.2) is 30.5 Å². The van der Waals surface area contributed by atoms with E-state index in [-0.39, 0.29) is 11.9 Å². The smallest absolute Gasteiger partial charge is 0.250 e. The van der Waals surface area contributed by atoms with Crippen molar-refractivity contribution in [3.05, 3.63) is 11.8 Å². The summed E-state index contributed by atoms with van der Waals surface area (Å²) in [6.45, 7) is 7.24. The van der Waals surface area contributed by atoms with Crippen molar-refractivity contribution < 1.29 is 9.53 Å². The lowest BCUT2D eigenvalue weighted by Gasteiger charge is -2.37. The Morgan fingerprint density at radius 1 is 1.60 bits per heavy atom. The largest absolute Gasteiger partial charge is 0.501 e. The number of hydrogen-bond donors (Lipinski definition) is 0. The summed E-state index contributed by atoms with van der Waals surface area (Å²) < 4.78 is 5.18. The second kappa shape index (κ2) is 5.19. The van der Waals surface area contributed by atoms with E-state index >= 15 is 0 Å². The first-order valence-electron chi connectivity index (χ1n) is 5.65. The van der Waals surface area contributed by atoms with Crippen LogP contribution in [0.25, 0.3) is 0 Å². The summed E-state index contributed by atoms with van der Waals surface area (Å²) in [6.07, 6.45) is 3.47. The molecule has 1 atom stereocenters. The molecule has 0 aromatic carbocycles. The Bertz CT molecular complexity index is 258. The van der Waals surface area contributed by atoms with E-state index in [0.29, 0.717) is 5.92 Å². The summed E-state index contributed by atoms with van der Waals surface area (Å²) in [6, 6.07) is 0.289. The predicted octanol–water partition coefficient (Wildman–Crippen LogP) is 2.18. The molecule has 1 unspecified atom stereocenters. The van der Waals surface area contributed by atoms with Crippen molar-refractivity contribution in [1.29, 1.82) is 0 Å². The van der Waals surface area contributed by atoms with Crippen LogP contribution in [0.15, 0.2) is 11.8 Å². The molecule has 0 bridgehead atoms. The Morgan fingerprint density at radius 2 is 2.27 bits per heavy atom. The molecule has 3 nitrogen and oxygen atoms in total. The highest BCUT2D eigenvalue weighted by atomic mass is 16.5. The van der Waals surface area contributed by atoms with Crippen LogP contribution in [0, 0.1) is 5.92 Å². The third kappa shape index (κ3) is 2.74. The molecular formula is C12H21NO2. The molecule has 1 rings (SSSR count). The average Bonchev–Trinajstić information content (AvgIpc) is 2.20. The zero-order chi connectivity index (χ0) is 11.4. The third-order valence-corrected chi connectivity index (χ3v) is 2.87. The maximum Gasteiger partial charge on any atom is 0.250 e. The van der Waals surface area contributed by atoms with Gasteiger partial charge in [0.15, 0.2) is 0 Å². The summed E-state index contributed by atoms with van der Waals surface area (Å²) >= 11 is 0. The number of nitrogens with zero attached hydrogens (tertiary/aromatic N) is 1. The SMILES string of the molecule is CCCN1C(=O)C=C(OC)CC1C(C)C. The highest BCUT2D eigenvalue weighted by molar-refractivity contribution is 5.89. The molecule has 15 heavy (non-hydrogen) atoms. The topological polar surface area (TPSA) is 29.5 Å². The first-order valence-corrected chi connectivity index (χ1v) is 5.65. The molecule has 0 aliphatic carbocycles. The second-order valence-corrected chi connectivity index (χ2v) is 4.36. The van der Waals surface area contributed by atoms with Crippen LogP contribution in [0.5, 0.6) is 0 Å². The normalized spacial score (nSPS) is 21.9. The quantitative estimate of drug-likeness (QED) is 0.713. The van der Waals surface area contributed by atoms with Gasteiger partial charge in [0.25, 0.3) is 0 Å². The molecule has 3 heteroatoms. The maximum absolute atomic E-state index is 11.8. The van der Waals surface area contributed by atoms with Crippen LogP contribution in [0.4, 0.5) is 0 Å². The number of carbonyl (C=O) groups is 1. The van der Waals surface area contributed by atoms with Gasteiger partial charge in [-0.3, -0.25) is 4.79 Å². The maximum atomic E-state index is 11.8. The van der Waals surface area contributed by atoms with Crippen molar-refractivity contribution in [3.8, 4) is 0 Å². The van der Waals surface area contributed by atoms with Crippen LogP contribution in [0.1, 0.15) is 33.6 Å². The first kappa shape index (κ1) is 12.1. The van der Waals surface area contributed by atoms with E-state index in [1.54, 1.807) is 13.2 Å². The van der Waals surface area contributed by atoms with E-state index in [9.17, 15) is 4.79 Å². The van der Waals surface area contributed by atoms with Crippen LogP contribution >= 0.6 is 0 Å². The number of methoxy groups -OCH3 is 1. The van der Waals surface area contributed by atoms with E-state index in [2.05, 4.69) is 20.8 Å². The van der Waals surface area contributed by atoms with Gasteiger partial charge in [-0.25, -0.2) is 0 Å². The van der Waals surface area contributed by atoms with Crippen molar-refractivity contribution in [1.82, 2.24) is 4.90 Å². The van der Waals surface area contributed by atoms with Crippen LogP contribution in [0.3, 0.4) is 0 Å². The fourth-order valence-electron chi connectivity index (χ4n) is 2.01. The van der Waals surface area contributed by atoms with Gasteiger partial charge in [0, 0.05) is 25.1 Å². The summed E-state index contributed by atoms with van der Waals surface area (Å²) in [5, 5.41) is 0. The Kier molecular flexibility index (Phi) is 4.18. The molecule has 1 aliphatic heterocycles. The standard InChI is InChI=1S/C12H21NO2/c1-5-6-13-11(9(2)3)7-10(15-4)8-12(13)14/h8-9,11H,5-7H2,1-4H3. The first-order chi connectivity index (χ1) is 7.10. The summed E-state index contributed by atoms with van der Waals surface area (Å²) in [4.78, 5) is 13.8. The van der Waals surface area contributed by atoms with Crippen molar-refractivity contribution in [2.24, 2.45) is 5.92 Å². The molecule has 0 saturated carbocycles. The van der Waals surface area contributed by atoms with Crippen molar-refractivity contribution in [3.63, 3.8) is 0 Å². The highest BCUT2D eigenvalue weighted by Crippen LogP contribution is 2.24. The minimum atomic E-state index is 0.0960. The monoisotopic (exact) mass is 211 g/mol. The molecule has 0 saturated heterocycles. The van der Waals surface area contributed by atoms with Gasteiger partial charge in [0.1, 0.15) is 5.76 Å². The van der Waals surface area contributed by atoms with Crippen LogP contribution in [-0.2, 0) is 9.53 Å². The predicted molar refractivity (Wildman–Crippen MR) is 60.3 cm³/mol. The van der Waals surface area contributed by atoms with Crippen molar-refractivity contribution in [2.45, 2.75) is 39.7 Å². The number of carbonyl (C=O) groups excluding carboxylic acids is 1. The van der Waals surface area contributed by atoms with E-state index < -0.39 is 0 Å². The van der Waals surface area contributed by atoms with Gasteiger partial charge in [-0.05, 0) is 12.3 Å². The van der Waals surface area contributed by atoms with E-state index in [1.165, 1.54) is 0 Å². The van der Waals surface area contributed by atoms with E-state index in [4.69, 9.17) is 4.74 Å². The minimum absolute atomic E-state index is 0.0960. The summed E-state index contributed by atoms with van der Waals surface area (Å²) in [5.41, 5.74) is 0. The Balaban J connectivity index is 2.84. The Morgan fingerprint density at radius 3 is 2.73 bits per heavy atom. The van der Waals surface area contributed by atoms with Gasteiger partial charge >= 0.3 is 0 Å². The molecule has 1 amide bonds. The summed E-state index contributed by atoms with van der Waals surface area (Å²) in [7, 11) is 1.63. The third-order valence-electron chi connectivity index (χ3n) is 2.87. The van der Waals surface area contributed by atoms with E-state index in [1.807, 2.05) is 4.90 Å². The van der Waals surface area contributed by atoms with E-state index in [0.717, 1.165) is 25.1 Å². The molecule has 0 radical (unpaired) electrons. The highest BCUT2D eigenvalue weighted by Gasteiger charge is 2.30. The molecule has 1 aliphatic rings. The molecule has 86 valence electrons. The molecule has 0 aromatic rings. The fourth-order valence-corrected chi connectivity index (χ4v) is 2.01. The van der Waals surface area contributed by atoms with Gasteiger partial charge in [-0.15, -0.1) is 0 Å². The van der Waals surface area contributed by atoms with Gasteiger partial charge in [0.2, 0.25) is 5.91 Å². The molecule has 0 spiro atoms. The number of hydrogen-bond acceptors (Lipinski definition) is 2. The van der Waals surface area contributed by atoms with Gasteiger partial charge in [-0.1, -0.05) is 20.8 Å². The number of ether oxygens (including phenoxy) is 1. The zero-order valence-corrected chi connectivity index (χ0v) is 10.1. The lowest BCUT2D eigenvalue weighted by molar-refractivity contribution is -0.130. The van der Waals surface area contributed by atoms with Gasteiger partial charge < -0.3 is 9.64 Å². The van der Waals surface area contributed by atoms with Crippen molar-refractivity contribution in [2.75, 3.05) is 13.7 Å². The Labute approximate surface area is 92.1 Å². The molecule has 1 heterocycles. The number of rotatable bonds is 4. The average molecular weight is 211 g/mol. The van der Waals surface area contributed by atoms with Crippen LogP contribution in [0.2, 0.25) is 0 Å². The molecular weight excluding hydrogens is 190 g/mol. The minimum Gasteiger partial charge on any atom is -0.501 e. The lowest BCUT2D eigenvalue weighted by atomic mass is 9.95. The molecule has 0 N–H and O–H groups in total. The van der Waals surface area contributed by atoms with Crippen molar-refractivity contribution >= 4 is 5.91 Å². The lowest BCUT2D eigenvalue weighted by Crippen LogP contribution is -2.46. The van der Waals surface area contributed by atoms with Crippen LogP contribution < -0.4 is 0 Å². The number of amides is 1. The zero-order valence-electron chi connectivity index (χ0n) is 10.1. The Hall–Kier alpha value is -0.990. The van der Waals surface area contributed by atoms with Gasteiger partial charge in [0.05, 0.1) is 7.11 Å². The molecule has 0 fully saturated rings. The summed E-state index contributed by atoms with van der Waals surface area (Å²) in [5.74, 6) is 1.38.